The van der Waals surface area contributed by atoms with Gasteiger partial charge in [0.2, 0.25) is 0 Å². The molecule has 0 spiro atoms. The van der Waals surface area contributed by atoms with E-state index in [2.05, 4.69) is 32.5 Å². The maximum absolute atomic E-state index is 12.1. The quantitative estimate of drug-likeness (QED) is 0.183. The zero-order valence-electron chi connectivity index (χ0n) is 14.7. The SMILES string of the molecule is CCOC(=O)OCCOC(=O)OCCOP(=O)(OCC(F)(F)F)OCC(F)(F)F. The molecule has 0 radical (unpaired) electrons. The fourth-order valence-electron chi connectivity index (χ4n) is 1.14. The third-order valence-corrected chi connectivity index (χ3v) is 3.50. The summed E-state index contributed by atoms with van der Waals surface area (Å²) < 4.78 is 114. The number of halogens is 6. The molecule has 29 heavy (non-hydrogen) atoms. The number of alkyl halides is 6. The van der Waals surface area contributed by atoms with E-state index in [9.17, 15) is 40.5 Å². The third kappa shape index (κ3) is 16.9. The molecular formula is C12H17F6O10P. The van der Waals surface area contributed by atoms with Gasteiger partial charge in [-0.2, -0.15) is 26.3 Å². The third-order valence-electron chi connectivity index (χ3n) is 2.11. The molecule has 0 aliphatic rings. The summed E-state index contributed by atoms with van der Waals surface area (Å²) in [4.78, 5) is 22.0. The highest BCUT2D eigenvalue weighted by Crippen LogP contribution is 2.51. The van der Waals surface area contributed by atoms with Gasteiger partial charge in [0.15, 0.2) is 13.2 Å². The molecule has 0 aromatic rings. The van der Waals surface area contributed by atoms with Crippen LogP contribution in [0.1, 0.15) is 6.92 Å². The van der Waals surface area contributed by atoms with Gasteiger partial charge in [-0.05, 0) is 6.92 Å². The van der Waals surface area contributed by atoms with Crippen LogP contribution in [0.5, 0.6) is 0 Å². The zero-order chi connectivity index (χ0) is 22.6. The van der Waals surface area contributed by atoms with Crippen LogP contribution in [-0.2, 0) is 37.1 Å². The average molecular weight is 466 g/mol. The molecule has 0 fully saturated rings. The van der Waals surface area contributed by atoms with E-state index in [-0.39, 0.29) is 13.2 Å². The Kier molecular flexibility index (Phi) is 11.9. The molecule has 0 aromatic heterocycles. The fourth-order valence-corrected chi connectivity index (χ4v) is 2.27. The Labute approximate surface area is 159 Å². The molecule has 0 aliphatic heterocycles. The molecule has 0 unspecified atom stereocenters. The topological polar surface area (TPSA) is 116 Å². The van der Waals surface area contributed by atoms with Crippen molar-refractivity contribution in [2.75, 3.05) is 46.2 Å². The summed E-state index contributed by atoms with van der Waals surface area (Å²) in [5.41, 5.74) is 0. The van der Waals surface area contributed by atoms with E-state index in [0.29, 0.717) is 0 Å². The van der Waals surface area contributed by atoms with Gasteiger partial charge in [0.25, 0.3) is 0 Å². The first-order chi connectivity index (χ1) is 13.3. The molecule has 17 heteroatoms. The van der Waals surface area contributed by atoms with E-state index in [1.807, 2.05) is 0 Å². The lowest BCUT2D eigenvalue weighted by Crippen LogP contribution is -2.21. The molecule has 0 rings (SSSR count). The lowest BCUT2D eigenvalue weighted by molar-refractivity contribution is -0.170. The van der Waals surface area contributed by atoms with Crippen LogP contribution in [0.2, 0.25) is 0 Å². The van der Waals surface area contributed by atoms with Crippen LogP contribution in [0, 0.1) is 0 Å². The van der Waals surface area contributed by atoms with Crippen molar-refractivity contribution < 1.29 is 73.0 Å². The van der Waals surface area contributed by atoms with Gasteiger partial charge in [-0.1, -0.05) is 0 Å². The second kappa shape index (κ2) is 12.7. The number of phosphoric ester groups is 1. The van der Waals surface area contributed by atoms with Crippen LogP contribution in [-0.4, -0.2) is 70.9 Å². The molecule has 0 aliphatic carbocycles. The maximum atomic E-state index is 12.1. The molecule has 10 nitrogen and oxygen atoms in total. The summed E-state index contributed by atoms with van der Waals surface area (Å²) >= 11 is 0. The lowest BCUT2D eigenvalue weighted by atomic mass is 10.7. The van der Waals surface area contributed by atoms with Crippen molar-refractivity contribution in [3.05, 3.63) is 0 Å². The minimum Gasteiger partial charge on any atom is -0.435 e. The fraction of sp³-hybridized carbons (Fsp3) is 0.833. The largest absolute Gasteiger partial charge is 0.508 e. The second-order valence-corrected chi connectivity index (χ2v) is 6.21. The molecule has 172 valence electrons. The predicted molar refractivity (Wildman–Crippen MR) is 77.8 cm³/mol. The normalized spacial score (nSPS) is 12.4. The van der Waals surface area contributed by atoms with Crippen LogP contribution < -0.4 is 0 Å². The van der Waals surface area contributed by atoms with Gasteiger partial charge in [0, 0.05) is 0 Å². The molecular weight excluding hydrogens is 449 g/mol. The molecule has 0 amide bonds. The monoisotopic (exact) mass is 466 g/mol. The van der Waals surface area contributed by atoms with Gasteiger partial charge < -0.3 is 18.9 Å². The minimum atomic E-state index is -5.26. The summed E-state index contributed by atoms with van der Waals surface area (Å²) in [7, 11) is -5.26. The van der Waals surface area contributed by atoms with E-state index in [1.165, 1.54) is 6.92 Å². The number of carbonyl (C=O) groups is 2. The van der Waals surface area contributed by atoms with E-state index in [4.69, 9.17) is 0 Å². The molecule has 0 atom stereocenters. The summed E-state index contributed by atoms with van der Waals surface area (Å²) in [6.07, 6.45) is -12.4. The van der Waals surface area contributed by atoms with Crippen molar-refractivity contribution in [2.45, 2.75) is 19.3 Å². The molecule has 0 bridgehead atoms. The highest BCUT2D eigenvalue weighted by Gasteiger charge is 2.39. The number of rotatable bonds is 12. The Morgan fingerprint density at radius 3 is 1.45 bits per heavy atom. The van der Waals surface area contributed by atoms with Gasteiger partial charge in [-0.25, -0.2) is 14.2 Å². The van der Waals surface area contributed by atoms with Crippen molar-refractivity contribution >= 4 is 20.1 Å². The highest BCUT2D eigenvalue weighted by atomic mass is 31.2. The Morgan fingerprint density at radius 2 is 1.07 bits per heavy atom. The maximum Gasteiger partial charge on any atom is 0.508 e. The summed E-state index contributed by atoms with van der Waals surface area (Å²) in [5, 5.41) is 0. The van der Waals surface area contributed by atoms with Crippen molar-refractivity contribution in [3.8, 4) is 0 Å². The Balaban J connectivity index is 4.26. The number of carbonyl (C=O) groups excluding carboxylic acids is 2. The number of ether oxygens (including phenoxy) is 4. The van der Waals surface area contributed by atoms with Crippen molar-refractivity contribution in [2.24, 2.45) is 0 Å². The van der Waals surface area contributed by atoms with Crippen LogP contribution >= 0.6 is 7.82 Å². The molecule has 0 heterocycles. The Hall–Kier alpha value is -1.77. The summed E-state index contributed by atoms with van der Waals surface area (Å²) in [5.74, 6) is 0. The molecule has 0 saturated heterocycles. The first-order valence-electron chi connectivity index (χ1n) is 7.52. The standard InChI is InChI=1S/C12H17F6O10P/c1-2-22-9(19)23-3-4-24-10(20)25-5-6-26-29(21,27-7-11(13,14)15)28-8-12(16,17)18/h2-8H2,1H3. The summed E-state index contributed by atoms with van der Waals surface area (Å²) in [6, 6.07) is 0. The Morgan fingerprint density at radius 1 is 0.690 bits per heavy atom. The van der Waals surface area contributed by atoms with E-state index < -0.39 is 65.5 Å². The van der Waals surface area contributed by atoms with Crippen LogP contribution in [0.4, 0.5) is 35.9 Å². The second-order valence-electron chi connectivity index (χ2n) is 4.54. The summed E-state index contributed by atoms with van der Waals surface area (Å²) in [6.45, 7) is -5.37. The molecule has 0 N–H and O–H groups in total. The van der Waals surface area contributed by atoms with Gasteiger partial charge >= 0.3 is 32.5 Å². The predicted octanol–water partition coefficient (Wildman–Crippen LogP) is 3.60. The van der Waals surface area contributed by atoms with Crippen molar-refractivity contribution in [3.63, 3.8) is 0 Å². The van der Waals surface area contributed by atoms with E-state index in [0.717, 1.165) is 0 Å². The minimum absolute atomic E-state index is 0.0605. The number of hydrogen-bond acceptors (Lipinski definition) is 10. The van der Waals surface area contributed by atoms with Gasteiger partial charge in [-0.15, -0.1) is 0 Å². The number of hydrogen-bond donors (Lipinski definition) is 0. The van der Waals surface area contributed by atoms with Gasteiger partial charge in [0.05, 0.1) is 13.2 Å². The van der Waals surface area contributed by atoms with E-state index in [1.54, 1.807) is 0 Å². The van der Waals surface area contributed by atoms with E-state index >= 15 is 0 Å². The zero-order valence-corrected chi connectivity index (χ0v) is 15.6. The smallest absolute Gasteiger partial charge is 0.435 e. The van der Waals surface area contributed by atoms with Crippen molar-refractivity contribution in [1.29, 1.82) is 0 Å². The van der Waals surface area contributed by atoms with Gasteiger partial charge in [0.1, 0.15) is 19.8 Å². The molecule has 0 saturated carbocycles. The first kappa shape index (κ1) is 27.2. The Bertz CT molecular complexity index is 530. The lowest BCUT2D eigenvalue weighted by Gasteiger charge is -2.19. The molecule has 0 aromatic carbocycles. The number of phosphoric acid groups is 1. The van der Waals surface area contributed by atoms with Crippen LogP contribution in [0.15, 0.2) is 0 Å². The first-order valence-corrected chi connectivity index (χ1v) is 8.98. The average Bonchev–Trinajstić information content (AvgIpc) is 2.58. The van der Waals surface area contributed by atoms with Crippen molar-refractivity contribution in [1.82, 2.24) is 0 Å². The van der Waals surface area contributed by atoms with Crippen LogP contribution in [0.3, 0.4) is 0 Å². The highest BCUT2D eigenvalue weighted by molar-refractivity contribution is 7.48. The van der Waals surface area contributed by atoms with Gasteiger partial charge in [-0.3, -0.25) is 13.6 Å². The van der Waals surface area contributed by atoms with Crippen LogP contribution in [0.25, 0.3) is 0 Å².